The lowest BCUT2D eigenvalue weighted by Crippen LogP contribution is -2.15. The molecule has 1 aromatic rings. The second-order valence-corrected chi connectivity index (χ2v) is 5.48. The molecule has 0 radical (unpaired) electrons. The smallest absolute Gasteiger partial charge is 0.337 e. The second kappa shape index (κ2) is 5.48. The number of benzene rings is 1. The van der Waals surface area contributed by atoms with Crippen LogP contribution in [0.5, 0.6) is 0 Å². The zero-order valence-corrected chi connectivity index (χ0v) is 10.6. The first kappa shape index (κ1) is 13.0. The van der Waals surface area contributed by atoms with Crippen LogP contribution in [-0.4, -0.2) is 29.1 Å². The van der Waals surface area contributed by atoms with Gasteiger partial charge in [0.1, 0.15) is 5.82 Å². The van der Waals surface area contributed by atoms with Crippen LogP contribution < -0.4 is 11.1 Å². The minimum Gasteiger partial charge on any atom is -0.478 e. The first-order valence-electron chi connectivity index (χ1n) is 5.72. The number of carboxylic acid groups (broad SMARTS) is 1. The number of nitrogens with two attached hydrogens (primary N) is 1. The molecule has 1 aliphatic heterocycles. The van der Waals surface area contributed by atoms with Gasteiger partial charge in [0.15, 0.2) is 0 Å². The topological polar surface area (TPSA) is 75.3 Å². The number of nitrogens with one attached hydrogen (secondary N) is 1. The summed E-state index contributed by atoms with van der Waals surface area (Å²) >= 11 is 1.88. The summed E-state index contributed by atoms with van der Waals surface area (Å²) in [6.07, 6.45) is 1.11. The molecule has 0 bridgehead atoms. The molecule has 6 heteroatoms. The number of thioether (sulfide) groups is 1. The van der Waals surface area contributed by atoms with Crippen molar-refractivity contribution in [3.63, 3.8) is 0 Å². The van der Waals surface area contributed by atoms with Crippen LogP contribution in [0.25, 0.3) is 0 Å². The SMILES string of the molecule is Nc1cc(F)c(NCC2CCSC2)cc1C(=O)O. The second-order valence-electron chi connectivity index (χ2n) is 4.33. The van der Waals surface area contributed by atoms with E-state index in [9.17, 15) is 9.18 Å². The molecule has 4 N–H and O–H groups in total. The molecule has 0 spiro atoms. The van der Waals surface area contributed by atoms with Crippen molar-refractivity contribution in [1.29, 1.82) is 0 Å². The van der Waals surface area contributed by atoms with E-state index in [1.165, 1.54) is 6.07 Å². The molecule has 1 heterocycles. The van der Waals surface area contributed by atoms with Gasteiger partial charge < -0.3 is 16.2 Å². The molecule has 1 aromatic carbocycles. The average molecular weight is 270 g/mol. The molecule has 2 rings (SSSR count). The van der Waals surface area contributed by atoms with Crippen LogP contribution in [0.4, 0.5) is 15.8 Å². The van der Waals surface area contributed by atoms with E-state index in [4.69, 9.17) is 10.8 Å². The van der Waals surface area contributed by atoms with E-state index in [0.717, 1.165) is 24.0 Å². The Balaban J connectivity index is 2.11. The van der Waals surface area contributed by atoms with Crippen LogP contribution in [-0.2, 0) is 0 Å². The highest BCUT2D eigenvalue weighted by atomic mass is 32.2. The van der Waals surface area contributed by atoms with E-state index in [-0.39, 0.29) is 16.9 Å². The van der Waals surface area contributed by atoms with Gasteiger partial charge in [0.05, 0.1) is 11.3 Å². The van der Waals surface area contributed by atoms with Crippen molar-refractivity contribution in [2.75, 3.05) is 29.1 Å². The molecule has 0 aromatic heterocycles. The largest absolute Gasteiger partial charge is 0.478 e. The van der Waals surface area contributed by atoms with Crippen LogP contribution in [0.3, 0.4) is 0 Å². The van der Waals surface area contributed by atoms with Crippen molar-refractivity contribution < 1.29 is 14.3 Å². The summed E-state index contributed by atoms with van der Waals surface area (Å²) in [4.78, 5) is 10.9. The summed E-state index contributed by atoms with van der Waals surface area (Å²) in [5, 5.41) is 11.9. The molecule has 18 heavy (non-hydrogen) atoms. The number of hydrogen-bond acceptors (Lipinski definition) is 4. The van der Waals surface area contributed by atoms with Gasteiger partial charge in [-0.25, -0.2) is 9.18 Å². The fraction of sp³-hybridized carbons (Fsp3) is 0.417. The predicted octanol–water partition coefficient (Wildman–Crippen LogP) is 2.27. The van der Waals surface area contributed by atoms with E-state index < -0.39 is 11.8 Å². The molecule has 4 nitrogen and oxygen atoms in total. The van der Waals surface area contributed by atoms with Crippen molar-refractivity contribution in [2.24, 2.45) is 5.92 Å². The van der Waals surface area contributed by atoms with E-state index >= 15 is 0 Å². The highest BCUT2D eigenvalue weighted by molar-refractivity contribution is 7.99. The lowest BCUT2D eigenvalue weighted by molar-refractivity contribution is 0.0698. The van der Waals surface area contributed by atoms with Gasteiger partial charge in [-0.2, -0.15) is 11.8 Å². The fourth-order valence-electron chi connectivity index (χ4n) is 1.91. The number of hydrogen-bond donors (Lipinski definition) is 3. The number of halogens is 1. The molecule has 98 valence electrons. The third-order valence-electron chi connectivity index (χ3n) is 2.97. The molecule has 0 saturated carbocycles. The van der Waals surface area contributed by atoms with Gasteiger partial charge in [-0.05, 0) is 36.0 Å². The highest BCUT2D eigenvalue weighted by Crippen LogP contribution is 2.26. The van der Waals surface area contributed by atoms with Gasteiger partial charge in [0.2, 0.25) is 0 Å². The van der Waals surface area contributed by atoms with E-state index in [1.807, 2.05) is 11.8 Å². The highest BCUT2D eigenvalue weighted by Gasteiger charge is 2.17. The molecule has 1 fully saturated rings. The number of rotatable bonds is 4. The first-order chi connectivity index (χ1) is 8.58. The number of carbonyl (C=O) groups is 1. The van der Waals surface area contributed by atoms with Crippen molar-refractivity contribution >= 4 is 29.1 Å². The lowest BCUT2D eigenvalue weighted by atomic mass is 10.1. The fourth-order valence-corrected chi connectivity index (χ4v) is 3.19. The molecular formula is C12H15FN2O2S. The number of anilines is 2. The van der Waals surface area contributed by atoms with E-state index in [1.54, 1.807) is 0 Å². The average Bonchev–Trinajstić information content (AvgIpc) is 2.80. The molecule has 0 aliphatic carbocycles. The van der Waals surface area contributed by atoms with Gasteiger partial charge >= 0.3 is 5.97 Å². The van der Waals surface area contributed by atoms with E-state index in [0.29, 0.717) is 12.5 Å². The van der Waals surface area contributed by atoms with Gasteiger partial charge in [0.25, 0.3) is 0 Å². The van der Waals surface area contributed by atoms with Crippen molar-refractivity contribution in [3.05, 3.63) is 23.5 Å². The van der Waals surface area contributed by atoms with Crippen molar-refractivity contribution in [2.45, 2.75) is 6.42 Å². The summed E-state index contributed by atoms with van der Waals surface area (Å²) in [7, 11) is 0. The Kier molecular flexibility index (Phi) is 3.96. The van der Waals surface area contributed by atoms with Crippen LogP contribution in [0.15, 0.2) is 12.1 Å². The molecular weight excluding hydrogens is 255 g/mol. The molecule has 1 unspecified atom stereocenters. The number of carboxylic acids is 1. The zero-order chi connectivity index (χ0) is 13.1. The van der Waals surface area contributed by atoms with Gasteiger partial charge in [-0.1, -0.05) is 0 Å². The van der Waals surface area contributed by atoms with Gasteiger partial charge in [-0.15, -0.1) is 0 Å². The summed E-state index contributed by atoms with van der Waals surface area (Å²) in [6, 6.07) is 2.31. The van der Waals surface area contributed by atoms with Crippen molar-refractivity contribution in [3.8, 4) is 0 Å². The number of nitrogen functional groups attached to an aromatic ring is 1. The molecule has 1 saturated heterocycles. The third-order valence-corrected chi connectivity index (χ3v) is 4.21. The Labute approximate surface area is 109 Å². The van der Waals surface area contributed by atoms with Crippen LogP contribution in [0, 0.1) is 11.7 Å². The normalized spacial score (nSPS) is 18.8. The molecule has 1 aliphatic rings. The summed E-state index contributed by atoms with van der Waals surface area (Å²) in [5.41, 5.74) is 5.54. The Bertz CT molecular complexity index is 462. The maximum Gasteiger partial charge on any atom is 0.337 e. The van der Waals surface area contributed by atoms with Crippen molar-refractivity contribution in [1.82, 2.24) is 0 Å². The zero-order valence-electron chi connectivity index (χ0n) is 9.78. The Morgan fingerprint density at radius 1 is 1.61 bits per heavy atom. The maximum absolute atomic E-state index is 13.6. The van der Waals surface area contributed by atoms with Crippen LogP contribution in [0.2, 0.25) is 0 Å². The molecule has 0 amide bonds. The summed E-state index contributed by atoms with van der Waals surface area (Å²) in [6.45, 7) is 0.660. The Hall–Kier alpha value is -1.43. The van der Waals surface area contributed by atoms with Crippen LogP contribution >= 0.6 is 11.8 Å². The predicted molar refractivity (Wildman–Crippen MR) is 71.7 cm³/mol. The lowest BCUT2D eigenvalue weighted by Gasteiger charge is -2.13. The van der Waals surface area contributed by atoms with Gasteiger partial charge in [0, 0.05) is 12.2 Å². The Morgan fingerprint density at radius 2 is 2.39 bits per heavy atom. The summed E-state index contributed by atoms with van der Waals surface area (Å²) < 4.78 is 13.6. The minimum absolute atomic E-state index is 0.0537. The third kappa shape index (κ3) is 2.87. The molecule has 1 atom stereocenters. The Morgan fingerprint density at radius 3 is 3.00 bits per heavy atom. The van der Waals surface area contributed by atoms with E-state index in [2.05, 4.69) is 5.32 Å². The van der Waals surface area contributed by atoms with Gasteiger partial charge in [-0.3, -0.25) is 0 Å². The minimum atomic E-state index is -1.15. The monoisotopic (exact) mass is 270 g/mol. The number of aromatic carboxylic acids is 1. The maximum atomic E-state index is 13.6. The quantitative estimate of drug-likeness (QED) is 0.732. The standard InChI is InChI=1S/C12H15FN2O2S/c13-9-4-10(14)8(12(16)17)3-11(9)15-5-7-1-2-18-6-7/h3-4,7,15H,1-2,5-6,14H2,(H,16,17). The van der Waals surface area contributed by atoms with Crippen LogP contribution in [0.1, 0.15) is 16.8 Å². The first-order valence-corrected chi connectivity index (χ1v) is 6.87. The summed E-state index contributed by atoms with van der Waals surface area (Å²) in [5.74, 6) is 1.06.